The smallest absolute Gasteiger partial charge is 0.354 e. The number of anilines is 1. The van der Waals surface area contributed by atoms with Gasteiger partial charge in [0.25, 0.3) is 11.8 Å². The second-order valence-corrected chi connectivity index (χ2v) is 7.39. The third-order valence-electron chi connectivity index (χ3n) is 5.23. The number of hydrogen-bond acceptors (Lipinski definition) is 9. The van der Waals surface area contributed by atoms with E-state index in [1.165, 1.54) is 14.2 Å². The molecule has 10 nitrogen and oxygen atoms in total. The van der Waals surface area contributed by atoms with Crippen LogP contribution in [0.25, 0.3) is 0 Å². The van der Waals surface area contributed by atoms with Crippen molar-refractivity contribution in [3.05, 3.63) is 77.0 Å². The molecule has 0 bridgehead atoms. The molecule has 3 rings (SSSR count). The molecule has 0 saturated carbocycles. The zero-order valence-corrected chi connectivity index (χ0v) is 19.4. The van der Waals surface area contributed by atoms with Gasteiger partial charge in [-0.05, 0) is 36.8 Å². The first-order valence-electron chi connectivity index (χ1n) is 10.7. The van der Waals surface area contributed by atoms with E-state index in [2.05, 4.69) is 14.8 Å². The third-order valence-corrected chi connectivity index (χ3v) is 5.23. The van der Waals surface area contributed by atoms with Gasteiger partial charge in [-0.2, -0.15) is 0 Å². The molecule has 2 aromatic carbocycles. The van der Waals surface area contributed by atoms with E-state index >= 15 is 0 Å². The summed E-state index contributed by atoms with van der Waals surface area (Å²) in [5, 5.41) is 2.78. The Hall–Kier alpha value is -4.47. The SMILES string of the molecule is CCOC(=O)C(Cc1ccc(N/C(=C/C(=O)OC)C(=O)OC)cc1)N1C(=O)c2ccccc2C1=O. The molecule has 0 aromatic heterocycles. The third kappa shape index (κ3) is 5.55. The fourth-order valence-electron chi connectivity index (χ4n) is 3.55. The molecule has 1 heterocycles. The highest BCUT2D eigenvalue weighted by atomic mass is 16.5. The van der Waals surface area contributed by atoms with E-state index in [0.717, 1.165) is 11.0 Å². The number of amides is 2. The van der Waals surface area contributed by atoms with Crippen molar-refractivity contribution in [2.75, 3.05) is 26.1 Å². The molecule has 2 aromatic rings. The Labute approximate surface area is 201 Å². The summed E-state index contributed by atoms with van der Waals surface area (Å²) in [6, 6.07) is 11.7. The molecule has 35 heavy (non-hydrogen) atoms. The maximum Gasteiger partial charge on any atom is 0.354 e. The van der Waals surface area contributed by atoms with Crippen molar-refractivity contribution >= 4 is 35.4 Å². The molecule has 1 atom stereocenters. The molecular formula is C25H24N2O8. The molecule has 0 saturated heterocycles. The first kappa shape index (κ1) is 25.2. The zero-order chi connectivity index (χ0) is 25.5. The predicted octanol–water partition coefficient (Wildman–Crippen LogP) is 2.10. The molecule has 1 N–H and O–H groups in total. The summed E-state index contributed by atoms with van der Waals surface area (Å²) in [4.78, 5) is 63.0. The lowest BCUT2D eigenvalue weighted by Crippen LogP contribution is -2.47. The van der Waals surface area contributed by atoms with E-state index < -0.39 is 35.8 Å². The number of esters is 3. The number of methoxy groups -OCH3 is 2. The summed E-state index contributed by atoms with van der Waals surface area (Å²) in [7, 11) is 2.35. The van der Waals surface area contributed by atoms with E-state index in [9.17, 15) is 24.0 Å². The summed E-state index contributed by atoms with van der Waals surface area (Å²) in [6.07, 6.45) is 0.977. The van der Waals surface area contributed by atoms with Crippen molar-refractivity contribution in [1.29, 1.82) is 0 Å². The normalized spacial score (nSPS) is 13.7. The molecule has 1 aliphatic heterocycles. The Morgan fingerprint density at radius 1 is 0.943 bits per heavy atom. The van der Waals surface area contributed by atoms with Gasteiger partial charge in [0.2, 0.25) is 0 Å². The second-order valence-electron chi connectivity index (χ2n) is 7.39. The highest BCUT2D eigenvalue weighted by molar-refractivity contribution is 6.22. The molecule has 0 fully saturated rings. The van der Waals surface area contributed by atoms with Crippen LogP contribution in [0.3, 0.4) is 0 Å². The van der Waals surface area contributed by atoms with Gasteiger partial charge in [-0.3, -0.25) is 14.5 Å². The van der Waals surface area contributed by atoms with Crippen molar-refractivity contribution in [3.63, 3.8) is 0 Å². The molecule has 182 valence electrons. The average Bonchev–Trinajstić information content (AvgIpc) is 3.12. The maximum atomic E-state index is 12.9. The van der Waals surface area contributed by atoms with Gasteiger partial charge in [-0.15, -0.1) is 0 Å². The zero-order valence-electron chi connectivity index (χ0n) is 19.4. The number of nitrogens with one attached hydrogen (secondary N) is 1. The van der Waals surface area contributed by atoms with Gasteiger partial charge >= 0.3 is 17.9 Å². The van der Waals surface area contributed by atoms with Gasteiger partial charge in [0.1, 0.15) is 11.7 Å². The van der Waals surface area contributed by atoms with E-state index in [0.29, 0.717) is 11.3 Å². The average molecular weight is 480 g/mol. The molecule has 0 aliphatic carbocycles. The van der Waals surface area contributed by atoms with Crippen LogP contribution in [0.5, 0.6) is 0 Å². The van der Waals surface area contributed by atoms with Crippen LogP contribution < -0.4 is 5.32 Å². The lowest BCUT2D eigenvalue weighted by Gasteiger charge is -2.24. The molecule has 0 spiro atoms. The summed E-state index contributed by atoms with van der Waals surface area (Å²) in [6.45, 7) is 1.72. The molecule has 1 aliphatic rings. The first-order chi connectivity index (χ1) is 16.8. The van der Waals surface area contributed by atoms with Crippen LogP contribution in [-0.2, 0) is 35.0 Å². The lowest BCUT2D eigenvalue weighted by atomic mass is 10.0. The largest absolute Gasteiger partial charge is 0.466 e. The topological polar surface area (TPSA) is 128 Å². The number of carbonyl (C=O) groups excluding carboxylic acids is 5. The van der Waals surface area contributed by atoms with Crippen LogP contribution in [0.4, 0.5) is 5.69 Å². The summed E-state index contributed by atoms with van der Waals surface area (Å²) in [5.41, 5.74) is 1.41. The number of rotatable bonds is 9. The van der Waals surface area contributed by atoms with Crippen molar-refractivity contribution in [2.24, 2.45) is 0 Å². The van der Waals surface area contributed by atoms with E-state index in [4.69, 9.17) is 4.74 Å². The Balaban J connectivity index is 1.83. The molecule has 2 amide bonds. The fraction of sp³-hybridized carbons (Fsp3) is 0.240. The Morgan fingerprint density at radius 3 is 2.06 bits per heavy atom. The second kappa shape index (κ2) is 11.1. The predicted molar refractivity (Wildman–Crippen MR) is 123 cm³/mol. The van der Waals surface area contributed by atoms with Crippen LogP contribution in [0.1, 0.15) is 33.2 Å². The minimum absolute atomic E-state index is 0.0203. The number of fused-ring (bicyclic) bond motifs is 1. The van der Waals surface area contributed by atoms with E-state index in [-0.39, 0.29) is 29.9 Å². The summed E-state index contributed by atoms with van der Waals surface area (Å²) < 4.78 is 14.3. The number of hydrogen-bond donors (Lipinski definition) is 1. The monoisotopic (exact) mass is 480 g/mol. The molecule has 1 unspecified atom stereocenters. The van der Waals surface area contributed by atoms with Gasteiger partial charge in [-0.25, -0.2) is 14.4 Å². The van der Waals surface area contributed by atoms with Crippen LogP contribution in [0, 0.1) is 0 Å². The van der Waals surface area contributed by atoms with Crippen molar-refractivity contribution in [1.82, 2.24) is 4.90 Å². The van der Waals surface area contributed by atoms with Crippen LogP contribution in [-0.4, -0.2) is 61.5 Å². The van der Waals surface area contributed by atoms with Gasteiger partial charge in [-0.1, -0.05) is 24.3 Å². The maximum absolute atomic E-state index is 12.9. The van der Waals surface area contributed by atoms with Gasteiger partial charge in [0.05, 0.1) is 38.0 Å². The van der Waals surface area contributed by atoms with Gasteiger partial charge in [0.15, 0.2) is 0 Å². The number of nitrogens with zero attached hydrogens (tertiary/aromatic N) is 1. The lowest BCUT2D eigenvalue weighted by molar-refractivity contribution is -0.147. The van der Waals surface area contributed by atoms with Crippen LogP contribution in [0.15, 0.2) is 60.3 Å². The Kier molecular flexibility index (Phi) is 7.98. The minimum Gasteiger partial charge on any atom is -0.466 e. The quantitative estimate of drug-likeness (QED) is 0.248. The minimum atomic E-state index is -1.16. The van der Waals surface area contributed by atoms with Gasteiger partial charge in [0, 0.05) is 12.1 Å². The Bertz CT molecular complexity index is 1150. The fourth-order valence-corrected chi connectivity index (χ4v) is 3.55. The molecule has 10 heteroatoms. The number of imide groups is 1. The highest BCUT2D eigenvalue weighted by Gasteiger charge is 2.43. The van der Waals surface area contributed by atoms with Crippen molar-refractivity contribution in [2.45, 2.75) is 19.4 Å². The summed E-state index contributed by atoms with van der Waals surface area (Å²) in [5.74, 6) is -3.33. The number of benzene rings is 2. The van der Waals surface area contributed by atoms with E-state index in [1.807, 2.05) is 0 Å². The van der Waals surface area contributed by atoms with Gasteiger partial charge < -0.3 is 19.5 Å². The number of carbonyl (C=O) groups is 5. The van der Waals surface area contributed by atoms with Crippen LogP contribution in [0.2, 0.25) is 0 Å². The highest BCUT2D eigenvalue weighted by Crippen LogP contribution is 2.27. The first-order valence-corrected chi connectivity index (χ1v) is 10.7. The molecular weight excluding hydrogens is 456 g/mol. The van der Waals surface area contributed by atoms with Crippen LogP contribution >= 0.6 is 0 Å². The standard InChI is InChI=1S/C25H24N2O8/c1-4-35-25(32)20(27-22(29)17-7-5-6-8-18(17)23(27)30)13-15-9-11-16(12-10-15)26-19(24(31)34-3)14-21(28)33-2/h5-12,14,20,26H,4,13H2,1-3H3/b19-14+. The van der Waals surface area contributed by atoms with Crippen molar-refractivity contribution in [3.8, 4) is 0 Å². The van der Waals surface area contributed by atoms with E-state index in [1.54, 1.807) is 55.5 Å². The van der Waals surface area contributed by atoms with Crippen molar-refractivity contribution < 1.29 is 38.2 Å². The number of ether oxygens (including phenoxy) is 3. The Morgan fingerprint density at radius 2 is 1.54 bits per heavy atom. The molecule has 0 radical (unpaired) electrons. The summed E-state index contributed by atoms with van der Waals surface area (Å²) >= 11 is 0.